The van der Waals surface area contributed by atoms with Gasteiger partial charge >= 0.3 is 0 Å². The molecular weight excluding hydrogens is 456 g/mol. The van der Waals surface area contributed by atoms with Crippen molar-refractivity contribution in [3.05, 3.63) is 40.9 Å². The van der Waals surface area contributed by atoms with Gasteiger partial charge in [0.25, 0.3) is 0 Å². The van der Waals surface area contributed by atoms with Gasteiger partial charge in [0.1, 0.15) is 0 Å². The van der Waals surface area contributed by atoms with Crippen LogP contribution in [0.5, 0.6) is 0 Å². The van der Waals surface area contributed by atoms with Crippen LogP contribution in [-0.4, -0.2) is 57.5 Å². The minimum absolute atomic E-state index is 0.360. The van der Waals surface area contributed by atoms with Crippen LogP contribution in [0, 0.1) is 0 Å². The maximum atomic E-state index is 5.48. The summed E-state index contributed by atoms with van der Waals surface area (Å²) >= 11 is 7.37. The summed E-state index contributed by atoms with van der Waals surface area (Å²) in [5, 5.41) is 3.75. The van der Waals surface area contributed by atoms with Crippen LogP contribution in [0.15, 0.2) is 60.5 Å². The average molecular weight is 481 g/mol. The van der Waals surface area contributed by atoms with Crippen LogP contribution < -0.4 is 5.32 Å². The first kappa shape index (κ1) is 20.6. The highest BCUT2D eigenvalue weighted by atomic mass is 79.9. The Kier molecular flexibility index (Phi) is 7.25. The molecule has 2 aliphatic rings. The van der Waals surface area contributed by atoms with E-state index in [0.717, 1.165) is 45.9 Å². The van der Waals surface area contributed by atoms with E-state index in [-0.39, 0.29) is 0 Å². The molecule has 4 nitrogen and oxygen atoms in total. The van der Waals surface area contributed by atoms with Gasteiger partial charge < -0.3 is 14.8 Å². The highest BCUT2D eigenvalue weighted by molar-refractivity contribution is 9.10. The van der Waals surface area contributed by atoms with Crippen LogP contribution in [0.1, 0.15) is 6.42 Å². The normalized spacial score (nSPS) is 17.6. The Balaban J connectivity index is 1.47. The fourth-order valence-electron chi connectivity index (χ4n) is 3.46. The van der Waals surface area contributed by atoms with E-state index in [4.69, 9.17) is 9.47 Å². The standard InChI is InChI=1S/C21H25BrN2O2S2/c1-25-10-7-16(14-24-8-11-26-12-9-24)23-15-5-6-18-20(13-15)27-19-4-2-3-17(22)21(19)28-18/h2-6,13,16,23H,7-12,14H2,1H3. The maximum Gasteiger partial charge on any atom is 0.0594 e. The number of hydrogen-bond donors (Lipinski definition) is 1. The zero-order chi connectivity index (χ0) is 19.3. The van der Waals surface area contributed by atoms with Crippen molar-refractivity contribution in [1.82, 2.24) is 4.90 Å². The van der Waals surface area contributed by atoms with E-state index in [9.17, 15) is 0 Å². The Bertz CT molecular complexity index is 815. The van der Waals surface area contributed by atoms with Crippen LogP contribution in [-0.2, 0) is 9.47 Å². The highest BCUT2D eigenvalue weighted by Gasteiger charge is 2.21. The first-order chi connectivity index (χ1) is 13.7. The van der Waals surface area contributed by atoms with Crippen LogP contribution in [0.4, 0.5) is 5.69 Å². The Morgan fingerprint density at radius 1 is 1.14 bits per heavy atom. The van der Waals surface area contributed by atoms with Gasteiger partial charge in [-0.1, -0.05) is 29.6 Å². The molecule has 7 heteroatoms. The summed E-state index contributed by atoms with van der Waals surface area (Å²) in [4.78, 5) is 7.74. The van der Waals surface area contributed by atoms with Crippen molar-refractivity contribution in [2.45, 2.75) is 32.0 Å². The number of morpholine rings is 1. The van der Waals surface area contributed by atoms with Gasteiger partial charge in [-0.25, -0.2) is 0 Å². The Morgan fingerprint density at radius 2 is 2.00 bits per heavy atom. The van der Waals surface area contributed by atoms with Crippen molar-refractivity contribution < 1.29 is 9.47 Å². The van der Waals surface area contributed by atoms with Gasteiger partial charge in [-0.05, 0) is 52.7 Å². The van der Waals surface area contributed by atoms with E-state index >= 15 is 0 Å². The summed E-state index contributed by atoms with van der Waals surface area (Å²) in [6.45, 7) is 5.46. The number of halogens is 1. The fraction of sp³-hybridized carbons (Fsp3) is 0.429. The third-order valence-corrected chi connectivity index (χ3v) is 8.45. The second-order valence-corrected chi connectivity index (χ2v) is 9.96. The summed E-state index contributed by atoms with van der Waals surface area (Å²) < 4.78 is 12.0. The lowest BCUT2D eigenvalue weighted by atomic mass is 10.1. The molecule has 0 bridgehead atoms. The van der Waals surface area contributed by atoms with Crippen molar-refractivity contribution in [2.75, 3.05) is 51.9 Å². The van der Waals surface area contributed by atoms with Crippen LogP contribution >= 0.6 is 39.5 Å². The van der Waals surface area contributed by atoms with E-state index in [1.54, 1.807) is 7.11 Å². The smallest absolute Gasteiger partial charge is 0.0594 e. The van der Waals surface area contributed by atoms with Crippen molar-refractivity contribution >= 4 is 45.1 Å². The van der Waals surface area contributed by atoms with E-state index in [0.29, 0.717) is 6.04 Å². The number of rotatable bonds is 7. The zero-order valence-electron chi connectivity index (χ0n) is 15.9. The molecule has 0 aromatic heterocycles. The molecule has 0 spiro atoms. The summed E-state index contributed by atoms with van der Waals surface area (Å²) in [5.74, 6) is 0. The molecule has 1 unspecified atom stereocenters. The lowest BCUT2D eigenvalue weighted by molar-refractivity contribution is 0.0347. The molecule has 150 valence electrons. The third kappa shape index (κ3) is 5.07. The molecule has 1 fully saturated rings. The van der Waals surface area contributed by atoms with Crippen LogP contribution in [0.2, 0.25) is 0 Å². The Morgan fingerprint density at radius 3 is 2.82 bits per heavy atom. The molecule has 2 aromatic rings. The molecule has 2 heterocycles. The van der Waals surface area contributed by atoms with Crippen molar-refractivity contribution in [1.29, 1.82) is 0 Å². The number of nitrogens with one attached hydrogen (secondary N) is 1. The number of hydrogen-bond acceptors (Lipinski definition) is 6. The number of anilines is 1. The topological polar surface area (TPSA) is 33.7 Å². The number of nitrogens with zero attached hydrogens (tertiary/aromatic N) is 1. The molecule has 0 saturated carbocycles. The Labute approximate surface area is 183 Å². The van der Waals surface area contributed by atoms with Gasteiger partial charge in [0.05, 0.1) is 13.2 Å². The second-order valence-electron chi connectivity index (χ2n) is 6.97. The SMILES string of the molecule is COCCC(CN1CCOCC1)Nc1ccc2c(c1)Sc1cccc(Br)c1S2. The molecule has 1 N–H and O–H groups in total. The zero-order valence-corrected chi connectivity index (χ0v) is 19.2. The van der Waals surface area contributed by atoms with Crippen molar-refractivity contribution in [3.8, 4) is 0 Å². The predicted molar refractivity (Wildman–Crippen MR) is 120 cm³/mol. The summed E-state index contributed by atoms with van der Waals surface area (Å²) in [7, 11) is 1.77. The fourth-order valence-corrected chi connectivity index (χ4v) is 6.49. The first-order valence-electron chi connectivity index (χ1n) is 9.57. The molecule has 28 heavy (non-hydrogen) atoms. The molecule has 0 aliphatic carbocycles. The molecule has 0 amide bonds. The second kappa shape index (κ2) is 9.87. The van der Waals surface area contributed by atoms with Gasteiger partial charge in [0.2, 0.25) is 0 Å². The largest absolute Gasteiger partial charge is 0.385 e. The van der Waals surface area contributed by atoms with Gasteiger partial charge in [-0.2, -0.15) is 0 Å². The highest BCUT2D eigenvalue weighted by Crippen LogP contribution is 2.51. The van der Waals surface area contributed by atoms with Gasteiger partial charge in [0, 0.05) is 69.1 Å². The summed E-state index contributed by atoms with van der Waals surface area (Å²) in [6, 6.07) is 13.5. The number of benzene rings is 2. The molecule has 2 aromatic carbocycles. The molecule has 2 aliphatic heterocycles. The summed E-state index contributed by atoms with van der Waals surface area (Å²) in [6.07, 6.45) is 0.989. The number of ether oxygens (including phenoxy) is 2. The van der Waals surface area contributed by atoms with Crippen molar-refractivity contribution in [2.24, 2.45) is 0 Å². The van der Waals surface area contributed by atoms with Gasteiger partial charge in [-0.3, -0.25) is 4.90 Å². The minimum atomic E-state index is 0.360. The van der Waals surface area contributed by atoms with Crippen LogP contribution in [0.25, 0.3) is 0 Å². The Hall–Kier alpha value is -0.700. The lowest BCUT2D eigenvalue weighted by Crippen LogP contribution is -2.43. The first-order valence-corrected chi connectivity index (χ1v) is 12.0. The van der Waals surface area contributed by atoms with E-state index in [1.807, 2.05) is 23.5 Å². The number of fused-ring (bicyclic) bond motifs is 2. The molecule has 1 saturated heterocycles. The monoisotopic (exact) mass is 480 g/mol. The number of methoxy groups -OCH3 is 1. The van der Waals surface area contributed by atoms with Gasteiger partial charge in [0.15, 0.2) is 0 Å². The molecular formula is C21H25BrN2O2S2. The quantitative estimate of drug-likeness (QED) is 0.499. The van der Waals surface area contributed by atoms with Crippen molar-refractivity contribution in [3.63, 3.8) is 0 Å². The van der Waals surface area contributed by atoms with E-state index in [2.05, 4.69) is 62.5 Å². The summed E-state index contributed by atoms with van der Waals surface area (Å²) in [5.41, 5.74) is 1.18. The predicted octanol–water partition coefficient (Wildman–Crippen LogP) is 5.21. The lowest BCUT2D eigenvalue weighted by Gasteiger charge is -2.31. The minimum Gasteiger partial charge on any atom is -0.385 e. The molecule has 1 atom stereocenters. The van der Waals surface area contributed by atoms with Crippen LogP contribution in [0.3, 0.4) is 0 Å². The molecule has 0 radical (unpaired) electrons. The van der Waals surface area contributed by atoms with Gasteiger partial charge in [-0.15, -0.1) is 0 Å². The average Bonchev–Trinajstić information content (AvgIpc) is 2.72. The van der Waals surface area contributed by atoms with E-state index < -0.39 is 0 Å². The third-order valence-electron chi connectivity index (χ3n) is 4.93. The van der Waals surface area contributed by atoms with E-state index in [1.165, 1.54) is 29.7 Å². The molecule has 4 rings (SSSR count). The maximum absolute atomic E-state index is 5.48.